The SMILES string of the molecule is COCCN=CC(=CN)Cc1nccc(-c2ccc(CNC(=O)OC(C)(C)C)c(C)c2)n1. The molecule has 0 aliphatic heterocycles. The summed E-state index contributed by atoms with van der Waals surface area (Å²) in [5, 5.41) is 2.79. The number of carbonyl (C=O) groups is 1. The van der Waals surface area contributed by atoms with E-state index in [1.165, 1.54) is 6.20 Å². The number of nitrogens with one attached hydrogen (secondary N) is 1. The topological polar surface area (TPSA) is 112 Å². The minimum atomic E-state index is -0.525. The monoisotopic (exact) mass is 439 g/mol. The van der Waals surface area contributed by atoms with Crippen LogP contribution in [0.5, 0.6) is 0 Å². The molecule has 8 nitrogen and oxygen atoms in total. The lowest BCUT2D eigenvalue weighted by Crippen LogP contribution is -2.32. The van der Waals surface area contributed by atoms with Crippen LogP contribution in [-0.4, -0.2) is 48.1 Å². The predicted octanol–water partition coefficient (Wildman–Crippen LogP) is 3.58. The highest BCUT2D eigenvalue weighted by Crippen LogP contribution is 2.21. The number of alkyl carbamates (subject to hydrolysis) is 1. The van der Waals surface area contributed by atoms with E-state index in [0.717, 1.165) is 28.0 Å². The maximum Gasteiger partial charge on any atom is 0.407 e. The molecule has 172 valence electrons. The second kappa shape index (κ2) is 12.0. The Morgan fingerprint density at radius 1 is 1.28 bits per heavy atom. The molecule has 2 aromatic rings. The predicted molar refractivity (Wildman–Crippen MR) is 126 cm³/mol. The molecule has 0 unspecified atom stereocenters. The average Bonchev–Trinajstić information content (AvgIpc) is 2.74. The summed E-state index contributed by atoms with van der Waals surface area (Å²) in [4.78, 5) is 25.2. The number of aliphatic imine (C=N–C) groups is 1. The third kappa shape index (κ3) is 8.47. The molecular weight excluding hydrogens is 406 g/mol. The lowest BCUT2D eigenvalue weighted by molar-refractivity contribution is 0.0523. The zero-order valence-electron chi connectivity index (χ0n) is 19.5. The number of aryl methyl sites for hydroxylation is 1. The van der Waals surface area contributed by atoms with Crippen molar-refractivity contribution in [3.05, 3.63) is 59.2 Å². The first-order valence-electron chi connectivity index (χ1n) is 10.5. The van der Waals surface area contributed by atoms with Crippen molar-refractivity contribution in [2.75, 3.05) is 20.3 Å². The van der Waals surface area contributed by atoms with Crippen molar-refractivity contribution < 1.29 is 14.3 Å². The molecule has 0 saturated carbocycles. The quantitative estimate of drug-likeness (QED) is 0.456. The standard InChI is InChI=1S/C24H33N5O3/c1-17-12-19(6-7-20(17)16-28-23(30)32-24(2,3)4)21-8-9-27-22(29-21)13-18(14-25)15-26-10-11-31-5/h6-9,12,14-15H,10-11,13,16,25H2,1-5H3,(H,28,30). The van der Waals surface area contributed by atoms with Crippen LogP contribution >= 0.6 is 0 Å². The van der Waals surface area contributed by atoms with E-state index in [4.69, 9.17) is 15.2 Å². The van der Waals surface area contributed by atoms with Gasteiger partial charge < -0.3 is 20.5 Å². The average molecular weight is 440 g/mol. The van der Waals surface area contributed by atoms with E-state index in [1.54, 1.807) is 19.5 Å². The van der Waals surface area contributed by atoms with Crippen LogP contribution in [0.3, 0.4) is 0 Å². The van der Waals surface area contributed by atoms with Crippen LogP contribution in [-0.2, 0) is 22.4 Å². The zero-order valence-corrected chi connectivity index (χ0v) is 19.5. The van der Waals surface area contributed by atoms with Crippen molar-refractivity contribution in [1.82, 2.24) is 15.3 Å². The lowest BCUT2D eigenvalue weighted by Gasteiger charge is -2.20. The first-order chi connectivity index (χ1) is 15.2. The van der Waals surface area contributed by atoms with Gasteiger partial charge in [0.2, 0.25) is 0 Å². The Bertz CT molecular complexity index is 964. The minimum Gasteiger partial charge on any atom is -0.444 e. The Labute approximate surface area is 190 Å². The van der Waals surface area contributed by atoms with E-state index < -0.39 is 11.7 Å². The fraction of sp³-hybridized carbons (Fsp3) is 0.417. The van der Waals surface area contributed by atoms with E-state index in [2.05, 4.69) is 20.3 Å². The first-order valence-corrected chi connectivity index (χ1v) is 10.5. The van der Waals surface area contributed by atoms with Crippen LogP contribution in [0.1, 0.15) is 37.7 Å². The number of hydrogen-bond acceptors (Lipinski definition) is 7. The van der Waals surface area contributed by atoms with Gasteiger partial charge in [-0.15, -0.1) is 0 Å². The minimum absolute atomic E-state index is 0.392. The molecule has 1 aromatic carbocycles. The van der Waals surface area contributed by atoms with Gasteiger partial charge in [0, 0.05) is 38.1 Å². The number of nitrogens with zero attached hydrogens (tertiary/aromatic N) is 3. The van der Waals surface area contributed by atoms with E-state index in [9.17, 15) is 4.79 Å². The lowest BCUT2D eigenvalue weighted by atomic mass is 10.0. The van der Waals surface area contributed by atoms with E-state index in [0.29, 0.717) is 31.9 Å². The molecule has 0 bridgehead atoms. The summed E-state index contributed by atoms with van der Waals surface area (Å²) in [5.41, 5.74) is 9.88. The van der Waals surface area contributed by atoms with Crippen molar-refractivity contribution in [2.24, 2.45) is 10.7 Å². The first kappa shape index (κ1) is 25.0. The molecular formula is C24H33N5O3. The summed E-state index contributed by atoms with van der Waals surface area (Å²) >= 11 is 0. The molecule has 1 heterocycles. The fourth-order valence-electron chi connectivity index (χ4n) is 2.84. The Kier molecular flexibility index (Phi) is 9.34. The van der Waals surface area contributed by atoms with Crippen LogP contribution in [0.2, 0.25) is 0 Å². The van der Waals surface area contributed by atoms with E-state index in [-0.39, 0.29) is 0 Å². The third-order valence-corrected chi connectivity index (χ3v) is 4.42. The molecule has 0 aliphatic rings. The summed E-state index contributed by atoms with van der Waals surface area (Å²) in [7, 11) is 1.64. The van der Waals surface area contributed by atoms with Gasteiger partial charge in [0.15, 0.2) is 0 Å². The number of nitrogens with two attached hydrogens (primary N) is 1. The number of allylic oxidation sites excluding steroid dienone is 1. The van der Waals surface area contributed by atoms with Crippen LogP contribution in [0.4, 0.5) is 4.79 Å². The van der Waals surface area contributed by atoms with Gasteiger partial charge in [-0.1, -0.05) is 12.1 Å². The molecule has 1 aromatic heterocycles. The largest absolute Gasteiger partial charge is 0.444 e. The summed E-state index contributed by atoms with van der Waals surface area (Å²) in [6, 6.07) is 7.88. The van der Waals surface area contributed by atoms with Gasteiger partial charge in [-0.25, -0.2) is 14.8 Å². The number of hydrogen-bond donors (Lipinski definition) is 2. The van der Waals surface area contributed by atoms with E-state index >= 15 is 0 Å². The molecule has 0 atom stereocenters. The molecule has 32 heavy (non-hydrogen) atoms. The molecule has 3 N–H and O–H groups in total. The number of benzene rings is 1. The van der Waals surface area contributed by atoms with Crippen molar-refractivity contribution in [1.29, 1.82) is 0 Å². The molecule has 8 heteroatoms. The number of rotatable bonds is 9. The maximum absolute atomic E-state index is 11.9. The van der Waals surface area contributed by atoms with Crippen LogP contribution in [0.15, 0.2) is 47.2 Å². The van der Waals surface area contributed by atoms with Crippen molar-refractivity contribution in [3.8, 4) is 11.3 Å². The molecule has 0 spiro atoms. The number of amides is 1. The molecule has 0 fully saturated rings. The normalized spacial score (nSPS) is 12.2. The number of aromatic nitrogens is 2. The number of methoxy groups -OCH3 is 1. The van der Waals surface area contributed by atoms with Crippen molar-refractivity contribution in [2.45, 2.75) is 46.3 Å². The van der Waals surface area contributed by atoms with Crippen LogP contribution in [0, 0.1) is 6.92 Å². The Morgan fingerprint density at radius 3 is 2.72 bits per heavy atom. The van der Waals surface area contributed by atoms with Gasteiger partial charge >= 0.3 is 6.09 Å². The van der Waals surface area contributed by atoms with Gasteiger partial charge in [-0.2, -0.15) is 0 Å². The Balaban J connectivity index is 2.07. The number of ether oxygens (including phenoxy) is 2. The van der Waals surface area contributed by atoms with Gasteiger partial charge in [0.1, 0.15) is 11.4 Å². The van der Waals surface area contributed by atoms with Crippen LogP contribution in [0.25, 0.3) is 11.3 Å². The maximum atomic E-state index is 11.9. The Hall–Kier alpha value is -3.26. The second-order valence-corrected chi connectivity index (χ2v) is 8.30. The summed E-state index contributed by atoms with van der Waals surface area (Å²) in [6.45, 7) is 9.04. The van der Waals surface area contributed by atoms with Crippen LogP contribution < -0.4 is 11.1 Å². The Morgan fingerprint density at radius 2 is 2.06 bits per heavy atom. The second-order valence-electron chi connectivity index (χ2n) is 8.30. The van der Waals surface area contributed by atoms with Crippen molar-refractivity contribution >= 4 is 12.3 Å². The fourth-order valence-corrected chi connectivity index (χ4v) is 2.84. The highest BCUT2D eigenvalue weighted by atomic mass is 16.6. The number of carbonyl (C=O) groups excluding carboxylic acids is 1. The van der Waals surface area contributed by atoms with Gasteiger partial charge in [0.25, 0.3) is 0 Å². The summed E-state index contributed by atoms with van der Waals surface area (Å²) < 4.78 is 10.3. The molecule has 0 radical (unpaired) electrons. The van der Waals surface area contributed by atoms with E-state index in [1.807, 2.05) is 52.0 Å². The smallest absolute Gasteiger partial charge is 0.407 e. The molecule has 0 aliphatic carbocycles. The third-order valence-electron chi connectivity index (χ3n) is 4.42. The molecule has 0 saturated heterocycles. The molecule has 2 rings (SSSR count). The van der Waals surface area contributed by atoms with Gasteiger partial charge in [0.05, 0.1) is 18.8 Å². The molecule has 1 amide bonds. The zero-order chi connectivity index (χ0) is 23.6. The highest BCUT2D eigenvalue weighted by Gasteiger charge is 2.16. The van der Waals surface area contributed by atoms with Crippen molar-refractivity contribution in [3.63, 3.8) is 0 Å². The highest BCUT2D eigenvalue weighted by molar-refractivity contribution is 5.78. The van der Waals surface area contributed by atoms with Gasteiger partial charge in [-0.3, -0.25) is 4.99 Å². The summed E-state index contributed by atoms with van der Waals surface area (Å²) in [6.07, 6.45) is 5.03. The van der Waals surface area contributed by atoms with Gasteiger partial charge in [-0.05, 0) is 62.7 Å². The summed E-state index contributed by atoms with van der Waals surface area (Å²) in [5.74, 6) is 0.658.